The molecule has 148 valence electrons. The molecule has 0 heterocycles. The number of rotatable bonds is 8. The summed E-state index contributed by atoms with van der Waals surface area (Å²) in [5.74, 6) is -0.936. The highest BCUT2D eigenvalue weighted by atomic mass is 16.5. The second-order valence-electron chi connectivity index (χ2n) is 5.66. The van der Waals surface area contributed by atoms with E-state index in [0.717, 1.165) is 5.56 Å². The molecule has 0 atom stereocenters. The molecule has 8 nitrogen and oxygen atoms in total. The highest BCUT2D eigenvalue weighted by Crippen LogP contribution is 2.13. The minimum atomic E-state index is -0.677. The molecule has 2 aromatic carbocycles. The molecule has 29 heavy (non-hydrogen) atoms. The van der Waals surface area contributed by atoms with Gasteiger partial charge in [0, 0.05) is 24.4 Å². The summed E-state index contributed by atoms with van der Waals surface area (Å²) in [6.07, 6.45) is 2.73. The van der Waals surface area contributed by atoms with Crippen molar-refractivity contribution in [2.75, 3.05) is 25.6 Å². The van der Waals surface area contributed by atoms with Crippen LogP contribution in [-0.4, -0.2) is 38.0 Å². The molecule has 0 unspecified atom stereocenters. The smallest absolute Gasteiger partial charge is 0.331 e. The molecule has 0 aliphatic rings. The van der Waals surface area contributed by atoms with Gasteiger partial charge in [0.05, 0.1) is 0 Å². The number of carbonyl (C=O) groups is 3. The van der Waals surface area contributed by atoms with E-state index in [1.807, 2.05) is 6.07 Å². The molecule has 0 fully saturated rings. The van der Waals surface area contributed by atoms with Crippen molar-refractivity contribution in [3.63, 3.8) is 0 Å². The molecule has 2 aromatic rings. The first kappa shape index (κ1) is 21.2. The molecule has 8 heteroatoms. The van der Waals surface area contributed by atoms with E-state index in [-0.39, 0.29) is 12.5 Å². The first-order valence-electron chi connectivity index (χ1n) is 8.58. The first-order valence-corrected chi connectivity index (χ1v) is 8.58. The molecule has 0 aliphatic heterocycles. The van der Waals surface area contributed by atoms with Crippen LogP contribution in [0.3, 0.4) is 0 Å². The predicted octanol–water partition coefficient (Wildman–Crippen LogP) is 2.14. The number of amides is 2. The van der Waals surface area contributed by atoms with Crippen LogP contribution in [-0.2, 0) is 14.3 Å². The van der Waals surface area contributed by atoms with Crippen molar-refractivity contribution in [2.45, 2.75) is 0 Å². The summed E-state index contributed by atoms with van der Waals surface area (Å²) in [5.41, 5.74) is 1.54. The van der Waals surface area contributed by atoms with Gasteiger partial charge < -0.3 is 20.1 Å². The molecule has 0 spiro atoms. The molecule has 0 radical (unpaired) electrons. The number of esters is 1. The number of ether oxygens (including phenoxy) is 2. The SMILES string of the molecule is CNC(=O)c1cccc(NC(=O)COC(=O)/C=C/c2ccc(OCC#N)cc2)c1. The van der Waals surface area contributed by atoms with Crippen LogP contribution in [0.25, 0.3) is 6.08 Å². The molecule has 0 aliphatic carbocycles. The minimum absolute atomic E-state index is 0.0420. The van der Waals surface area contributed by atoms with Gasteiger partial charge in [-0.1, -0.05) is 18.2 Å². The van der Waals surface area contributed by atoms with Crippen LogP contribution >= 0.6 is 0 Å². The molecule has 2 rings (SSSR count). The maximum absolute atomic E-state index is 11.9. The van der Waals surface area contributed by atoms with E-state index in [1.54, 1.807) is 42.5 Å². The Morgan fingerprint density at radius 1 is 1.14 bits per heavy atom. The van der Waals surface area contributed by atoms with Gasteiger partial charge in [0.1, 0.15) is 11.8 Å². The monoisotopic (exact) mass is 393 g/mol. The topological polar surface area (TPSA) is 118 Å². The molecule has 0 aromatic heterocycles. The lowest BCUT2D eigenvalue weighted by Gasteiger charge is -2.07. The Bertz CT molecular complexity index is 946. The molecular weight excluding hydrogens is 374 g/mol. The minimum Gasteiger partial charge on any atom is -0.479 e. The third kappa shape index (κ3) is 7.19. The second kappa shape index (κ2) is 10.9. The van der Waals surface area contributed by atoms with Crippen molar-refractivity contribution in [1.29, 1.82) is 5.26 Å². The van der Waals surface area contributed by atoms with Gasteiger partial charge in [-0.25, -0.2) is 4.79 Å². The van der Waals surface area contributed by atoms with E-state index in [2.05, 4.69) is 10.6 Å². The summed E-state index contributed by atoms with van der Waals surface area (Å²) in [5, 5.41) is 13.5. The van der Waals surface area contributed by atoms with E-state index in [9.17, 15) is 14.4 Å². The van der Waals surface area contributed by atoms with Crippen molar-refractivity contribution in [2.24, 2.45) is 0 Å². The number of carbonyl (C=O) groups excluding carboxylic acids is 3. The first-order chi connectivity index (χ1) is 14.0. The number of nitrogens with one attached hydrogen (secondary N) is 2. The van der Waals surface area contributed by atoms with Crippen LogP contribution in [0.2, 0.25) is 0 Å². The summed E-state index contributed by atoms with van der Waals surface area (Å²) < 4.78 is 10.0. The van der Waals surface area contributed by atoms with Crippen LogP contribution in [0.1, 0.15) is 15.9 Å². The van der Waals surface area contributed by atoms with Crippen molar-refractivity contribution in [1.82, 2.24) is 5.32 Å². The van der Waals surface area contributed by atoms with E-state index in [4.69, 9.17) is 14.7 Å². The summed E-state index contributed by atoms with van der Waals surface area (Å²) in [7, 11) is 1.51. The summed E-state index contributed by atoms with van der Waals surface area (Å²) in [6.45, 7) is -0.506. The number of anilines is 1. The largest absolute Gasteiger partial charge is 0.479 e. The fraction of sp³-hybridized carbons (Fsp3) is 0.143. The Kier molecular flexibility index (Phi) is 7.96. The lowest BCUT2D eigenvalue weighted by molar-refractivity contribution is -0.142. The zero-order valence-corrected chi connectivity index (χ0v) is 15.7. The molecule has 0 bridgehead atoms. The number of hydrogen-bond acceptors (Lipinski definition) is 6. The van der Waals surface area contributed by atoms with Crippen molar-refractivity contribution >= 4 is 29.5 Å². The number of nitriles is 1. The highest BCUT2D eigenvalue weighted by molar-refractivity contribution is 5.98. The normalized spacial score (nSPS) is 10.1. The number of nitrogens with zero attached hydrogens (tertiary/aromatic N) is 1. The van der Waals surface area contributed by atoms with Gasteiger partial charge in [0.25, 0.3) is 11.8 Å². The van der Waals surface area contributed by atoms with Gasteiger partial charge in [-0.2, -0.15) is 5.26 Å². The Labute approximate surface area is 167 Å². The maximum Gasteiger partial charge on any atom is 0.331 e. The lowest BCUT2D eigenvalue weighted by atomic mass is 10.2. The Morgan fingerprint density at radius 3 is 2.59 bits per heavy atom. The van der Waals surface area contributed by atoms with Crippen LogP contribution < -0.4 is 15.4 Å². The van der Waals surface area contributed by atoms with Crippen LogP contribution in [0.15, 0.2) is 54.6 Å². The zero-order chi connectivity index (χ0) is 21.1. The van der Waals surface area contributed by atoms with Crippen LogP contribution in [0, 0.1) is 11.3 Å². The Morgan fingerprint density at radius 2 is 1.90 bits per heavy atom. The fourth-order valence-electron chi connectivity index (χ4n) is 2.22. The van der Waals surface area contributed by atoms with E-state index >= 15 is 0 Å². The summed E-state index contributed by atoms with van der Waals surface area (Å²) in [6, 6.07) is 15.0. The van der Waals surface area contributed by atoms with Gasteiger partial charge in [0.15, 0.2) is 13.2 Å². The average Bonchev–Trinajstić information content (AvgIpc) is 2.75. The third-order valence-electron chi connectivity index (χ3n) is 3.58. The van der Waals surface area contributed by atoms with Gasteiger partial charge in [-0.15, -0.1) is 0 Å². The molecule has 2 N–H and O–H groups in total. The Balaban J connectivity index is 1.81. The third-order valence-corrected chi connectivity index (χ3v) is 3.58. The number of benzene rings is 2. The lowest BCUT2D eigenvalue weighted by Crippen LogP contribution is -2.21. The number of hydrogen-bond donors (Lipinski definition) is 2. The highest BCUT2D eigenvalue weighted by Gasteiger charge is 2.08. The molecular formula is C21H19N3O5. The van der Waals surface area contributed by atoms with Gasteiger partial charge in [0.2, 0.25) is 0 Å². The molecule has 2 amide bonds. The Hall–Kier alpha value is -4.12. The van der Waals surface area contributed by atoms with Crippen molar-refractivity contribution < 1.29 is 23.9 Å². The summed E-state index contributed by atoms with van der Waals surface area (Å²) in [4.78, 5) is 35.3. The van der Waals surface area contributed by atoms with Gasteiger partial charge >= 0.3 is 5.97 Å². The average molecular weight is 393 g/mol. The van der Waals surface area contributed by atoms with E-state index in [0.29, 0.717) is 17.0 Å². The zero-order valence-electron chi connectivity index (χ0n) is 15.7. The van der Waals surface area contributed by atoms with Crippen molar-refractivity contribution in [3.05, 3.63) is 65.7 Å². The quantitative estimate of drug-likeness (QED) is 0.524. The van der Waals surface area contributed by atoms with Gasteiger partial charge in [-0.3, -0.25) is 9.59 Å². The van der Waals surface area contributed by atoms with Crippen molar-refractivity contribution in [3.8, 4) is 11.8 Å². The summed E-state index contributed by atoms with van der Waals surface area (Å²) >= 11 is 0. The fourth-order valence-corrected chi connectivity index (χ4v) is 2.22. The van der Waals surface area contributed by atoms with Gasteiger partial charge in [-0.05, 0) is 42.0 Å². The molecule has 0 saturated carbocycles. The van der Waals surface area contributed by atoms with E-state index in [1.165, 1.54) is 25.3 Å². The molecule has 0 saturated heterocycles. The standard InChI is InChI=1S/C21H19N3O5/c1-23-21(27)16-3-2-4-17(13-16)24-19(25)14-29-20(26)10-7-15-5-8-18(9-6-15)28-12-11-22/h2-10,13H,12,14H2,1H3,(H,23,27)(H,24,25)/b10-7+. The van der Waals surface area contributed by atoms with Crippen LogP contribution in [0.5, 0.6) is 5.75 Å². The van der Waals surface area contributed by atoms with Crippen LogP contribution in [0.4, 0.5) is 5.69 Å². The second-order valence-corrected chi connectivity index (χ2v) is 5.66. The van der Waals surface area contributed by atoms with E-state index < -0.39 is 18.5 Å². The maximum atomic E-state index is 11.9. The predicted molar refractivity (Wildman–Crippen MR) is 106 cm³/mol.